The number of rotatable bonds is 6. The van der Waals surface area contributed by atoms with E-state index in [0.717, 1.165) is 36.9 Å². The van der Waals surface area contributed by atoms with Gasteiger partial charge in [-0.1, -0.05) is 11.9 Å². The summed E-state index contributed by atoms with van der Waals surface area (Å²) >= 11 is 1.09. The number of aryl methyl sites for hydroxylation is 1. The molecule has 1 saturated heterocycles. The van der Waals surface area contributed by atoms with Crippen LogP contribution in [0.1, 0.15) is 34.3 Å². The molecule has 0 aromatic heterocycles. The Bertz CT molecular complexity index is 903. The van der Waals surface area contributed by atoms with Gasteiger partial charge in [0.05, 0.1) is 17.2 Å². The van der Waals surface area contributed by atoms with E-state index in [9.17, 15) is 22.4 Å². The predicted molar refractivity (Wildman–Crippen MR) is 109 cm³/mol. The van der Waals surface area contributed by atoms with Crippen LogP contribution in [-0.2, 0) is 6.18 Å². The smallest absolute Gasteiger partial charge is 0.416 e. The predicted octanol–water partition coefficient (Wildman–Crippen LogP) is 5.21. The fourth-order valence-electron chi connectivity index (χ4n) is 3.52. The Hall–Kier alpha value is -2.42. The molecule has 1 heterocycles. The first-order valence-electron chi connectivity index (χ1n) is 9.41. The van der Waals surface area contributed by atoms with Gasteiger partial charge in [0.25, 0.3) is 5.91 Å². The molecule has 1 aliphatic heterocycles. The van der Waals surface area contributed by atoms with Crippen molar-refractivity contribution in [1.82, 2.24) is 4.72 Å². The van der Waals surface area contributed by atoms with Crippen molar-refractivity contribution < 1.29 is 27.1 Å². The van der Waals surface area contributed by atoms with Crippen LogP contribution in [0.15, 0.2) is 36.4 Å². The number of carbonyl (C=O) groups is 1. The van der Waals surface area contributed by atoms with Gasteiger partial charge in [0.1, 0.15) is 18.2 Å². The van der Waals surface area contributed by atoms with Gasteiger partial charge in [-0.2, -0.15) is 13.2 Å². The lowest BCUT2D eigenvalue weighted by Crippen LogP contribution is -2.34. The molecule has 2 aromatic rings. The molecule has 9 heteroatoms. The van der Waals surface area contributed by atoms with Crippen LogP contribution >= 0.6 is 11.9 Å². The molecular weight excluding hydrogens is 420 g/mol. The van der Waals surface area contributed by atoms with Crippen molar-refractivity contribution in [3.8, 4) is 5.75 Å². The molecule has 1 fully saturated rings. The monoisotopic (exact) mass is 442 g/mol. The maximum Gasteiger partial charge on any atom is 0.416 e. The number of ether oxygens (including phenoxy) is 1. The molecule has 1 unspecified atom stereocenters. The Balaban J connectivity index is 1.69. The summed E-state index contributed by atoms with van der Waals surface area (Å²) in [5.41, 5.74) is 0.583. The van der Waals surface area contributed by atoms with Gasteiger partial charge in [-0.05, 0) is 55.7 Å². The minimum absolute atomic E-state index is 0.0383. The maximum atomic E-state index is 14.3. The lowest BCUT2D eigenvalue weighted by Gasteiger charge is -2.27. The molecule has 1 aliphatic rings. The van der Waals surface area contributed by atoms with Crippen LogP contribution in [0.4, 0.5) is 23.2 Å². The number of nitrogens with one attached hydrogen (secondary N) is 1. The summed E-state index contributed by atoms with van der Waals surface area (Å²) < 4.78 is 61.0. The molecule has 1 N–H and O–H groups in total. The van der Waals surface area contributed by atoms with Crippen LogP contribution in [0.2, 0.25) is 0 Å². The second-order valence-corrected chi connectivity index (χ2v) is 7.69. The number of carbonyl (C=O) groups excluding carboxylic acids is 1. The zero-order valence-electron chi connectivity index (χ0n) is 16.6. The summed E-state index contributed by atoms with van der Waals surface area (Å²) in [6.45, 7) is 2.70. The van der Waals surface area contributed by atoms with E-state index in [2.05, 4.69) is 4.72 Å². The normalized spacial score (nSPS) is 16.6. The number of benzene rings is 2. The van der Waals surface area contributed by atoms with E-state index in [1.54, 1.807) is 13.2 Å². The number of alkyl halides is 3. The minimum Gasteiger partial charge on any atom is -0.491 e. The highest BCUT2D eigenvalue weighted by Gasteiger charge is 2.31. The standard InChI is InChI=1S/C21H22F4N2O2S/c1-13-10-17(20(28)26-30-2)18(22)11-19(13)29-12-16-4-3-9-27(16)15-7-5-14(6-8-15)21(23,24)25/h5-8,10-11,16H,3-4,9,12H2,1-2H3,(H,26,28). The first-order chi connectivity index (χ1) is 14.2. The molecule has 1 atom stereocenters. The Labute approximate surface area is 176 Å². The summed E-state index contributed by atoms with van der Waals surface area (Å²) in [7, 11) is 0. The summed E-state index contributed by atoms with van der Waals surface area (Å²) in [5.74, 6) is -0.848. The molecule has 3 rings (SSSR count). The van der Waals surface area contributed by atoms with E-state index < -0.39 is 23.5 Å². The molecule has 0 saturated carbocycles. The number of hydrogen-bond acceptors (Lipinski definition) is 4. The van der Waals surface area contributed by atoms with Crippen molar-refractivity contribution in [2.45, 2.75) is 32.0 Å². The highest BCUT2D eigenvalue weighted by molar-refractivity contribution is 7.97. The molecule has 1 amide bonds. The van der Waals surface area contributed by atoms with Crippen LogP contribution in [-0.4, -0.2) is 31.4 Å². The van der Waals surface area contributed by atoms with Crippen molar-refractivity contribution in [2.75, 3.05) is 24.3 Å². The van der Waals surface area contributed by atoms with Crippen LogP contribution in [0.25, 0.3) is 0 Å². The first kappa shape index (κ1) is 22.3. The molecule has 2 aromatic carbocycles. The molecule has 162 valence electrons. The number of halogens is 4. The molecule has 0 radical (unpaired) electrons. The van der Waals surface area contributed by atoms with E-state index >= 15 is 0 Å². The highest BCUT2D eigenvalue weighted by atomic mass is 32.2. The fraction of sp³-hybridized carbons (Fsp3) is 0.381. The number of hydrogen-bond donors (Lipinski definition) is 1. The quantitative estimate of drug-likeness (QED) is 0.493. The first-order valence-corrected chi connectivity index (χ1v) is 10.6. The Morgan fingerprint density at radius 3 is 2.60 bits per heavy atom. The number of nitrogens with zero attached hydrogens (tertiary/aromatic N) is 1. The van der Waals surface area contributed by atoms with Crippen molar-refractivity contribution in [3.05, 3.63) is 58.9 Å². The van der Waals surface area contributed by atoms with E-state index in [0.29, 0.717) is 23.5 Å². The third-order valence-corrected chi connectivity index (χ3v) is 5.43. The SMILES string of the molecule is CSNC(=O)c1cc(C)c(OCC2CCCN2c2ccc(C(F)(F)F)cc2)cc1F. The highest BCUT2D eigenvalue weighted by Crippen LogP contribution is 2.33. The van der Waals surface area contributed by atoms with Crippen LogP contribution < -0.4 is 14.4 Å². The van der Waals surface area contributed by atoms with Gasteiger partial charge in [-0.15, -0.1) is 0 Å². The Kier molecular flexibility index (Phi) is 6.80. The summed E-state index contributed by atoms with van der Waals surface area (Å²) in [5, 5.41) is 0. The van der Waals surface area contributed by atoms with Gasteiger partial charge in [0.15, 0.2) is 0 Å². The third-order valence-electron chi connectivity index (χ3n) is 5.04. The summed E-state index contributed by atoms with van der Waals surface area (Å²) in [6.07, 6.45) is -0.996. The number of amides is 1. The number of anilines is 1. The topological polar surface area (TPSA) is 41.6 Å². The van der Waals surface area contributed by atoms with Gasteiger partial charge < -0.3 is 9.64 Å². The Morgan fingerprint density at radius 1 is 1.27 bits per heavy atom. The summed E-state index contributed by atoms with van der Waals surface area (Å²) in [4.78, 5) is 13.9. The van der Waals surface area contributed by atoms with Gasteiger partial charge in [0, 0.05) is 24.6 Å². The van der Waals surface area contributed by atoms with E-state index in [1.807, 2.05) is 4.90 Å². The average Bonchev–Trinajstić information content (AvgIpc) is 3.16. The van der Waals surface area contributed by atoms with Gasteiger partial charge >= 0.3 is 6.18 Å². The third kappa shape index (κ3) is 5.00. The van der Waals surface area contributed by atoms with Gasteiger partial charge in [-0.25, -0.2) is 4.39 Å². The van der Waals surface area contributed by atoms with Crippen molar-refractivity contribution >= 4 is 23.5 Å². The fourth-order valence-corrected chi connectivity index (χ4v) is 3.81. The van der Waals surface area contributed by atoms with Gasteiger partial charge in [-0.3, -0.25) is 9.52 Å². The Morgan fingerprint density at radius 2 is 1.97 bits per heavy atom. The average molecular weight is 442 g/mol. The lowest BCUT2D eigenvalue weighted by atomic mass is 10.1. The van der Waals surface area contributed by atoms with Crippen LogP contribution in [0, 0.1) is 12.7 Å². The minimum atomic E-state index is -4.37. The van der Waals surface area contributed by atoms with E-state index in [4.69, 9.17) is 4.74 Å². The lowest BCUT2D eigenvalue weighted by molar-refractivity contribution is -0.137. The maximum absolute atomic E-state index is 14.3. The van der Waals surface area contributed by atoms with Crippen molar-refractivity contribution in [3.63, 3.8) is 0 Å². The molecule has 30 heavy (non-hydrogen) atoms. The van der Waals surface area contributed by atoms with Crippen LogP contribution in [0.3, 0.4) is 0 Å². The van der Waals surface area contributed by atoms with E-state index in [-0.39, 0.29) is 18.2 Å². The van der Waals surface area contributed by atoms with Crippen LogP contribution in [0.5, 0.6) is 5.75 Å². The summed E-state index contributed by atoms with van der Waals surface area (Å²) in [6, 6.07) is 7.67. The molecule has 0 bridgehead atoms. The zero-order chi connectivity index (χ0) is 21.9. The second-order valence-electron chi connectivity index (χ2n) is 7.08. The van der Waals surface area contributed by atoms with Crippen molar-refractivity contribution in [1.29, 1.82) is 0 Å². The largest absolute Gasteiger partial charge is 0.491 e. The molecule has 0 spiro atoms. The molecular formula is C21H22F4N2O2S. The molecule has 0 aliphatic carbocycles. The zero-order valence-corrected chi connectivity index (χ0v) is 17.4. The second kappa shape index (κ2) is 9.16. The molecule has 4 nitrogen and oxygen atoms in total. The van der Waals surface area contributed by atoms with E-state index in [1.165, 1.54) is 24.3 Å². The van der Waals surface area contributed by atoms with Gasteiger partial charge in [0.2, 0.25) is 0 Å². The van der Waals surface area contributed by atoms with Crippen molar-refractivity contribution in [2.24, 2.45) is 0 Å².